The molecule has 0 unspecified atom stereocenters. The second kappa shape index (κ2) is 4.84. The normalized spacial score (nSPS) is 28.8. The molecule has 2 fully saturated rings. The van der Waals surface area contributed by atoms with E-state index in [1.54, 1.807) is 0 Å². The van der Waals surface area contributed by atoms with Crippen LogP contribution in [0.2, 0.25) is 5.02 Å². The zero-order valence-corrected chi connectivity index (χ0v) is 11.3. The lowest BCUT2D eigenvalue weighted by Crippen LogP contribution is -2.43. The quantitative estimate of drug-likeness (QED) is 0.858. The van der Waals surface area contributed by atoms with Crippen LogP contribution in [0, 0.1) is 5.41 Å². The number of benzene rings is 1. The standard InChI is InChI=1S/C15H20ClNO/c16-14-4-2-1-3-13(14)11-7-12(8-11)17-9-15(10-18)5-6-15/h1-4,11-12,17-18H,5-10H2. The highest BCUT2D eigenvalue weighted by Gasteiger charge is 2.43. The van der Waals surface area contributed by atoms with Gasteiger partial charge >= 0.3 is 0 Å². The van der Waals surface area contributed by atoms with Crippen LogP contribution in [0.5, 0.6) is 0 Å². The molecule has 0 saturated heterocycles. The van der Waals surface area contributed by atoms with Crippen molar-refractivity contribution < 1.29 is 5.11 Å². The molecule has 0 radical (unpaired) electrons. The Bertz CT molecular complexity index is 424. The lowest BCUT2D eigenvalue weighted by Gasteiger charge is -2.37. The second-order valence-electron chi connectivity index (χ2n) is 5.93. The van der Waals surface area contributed by atoms with E-state index in [9.17, 15) is 5.11 Å². The summed E-state index contributed by atoms with van der Waals surface area (Å²) in [5, 5.41) is 13.8. The summed E-state index contributed by atoms with van der Waals surface area (Å²) >= 11 is 6.21. The van der Waals surface area contributed by atoms with E-state index in [1.807, 2.05) is 12.1 Å². The average molecular weight is 266 g/mol. The Morgan fingerprint density at radius 3 is 2.61 bits per heavy atom. The third kappa shape index (κ3) is 2.42. The van der Waals surface area contributed by atoms with E-state index in [1.165, 1.54) is 31.2 Å². The number of halogens is 1. The number of rotatable bonds is 5. The minimum atomic E-state index is 0.218. The van der Waals surface area contributed by atoms with Crippen LogP contribution in [0.3, 0.4) is 0 Å². The third-order valence-corrected chi connectivity index (χ3v) is 4.89. The van der Waals surface area contributed by atoms with Crippen molar-refractivity contribution in [2.24, 2.45) is 5.41 Å². The maximum Gasteiger partial charge on any atom is 0.0499 e. The van der Waals surface area contributed by atoms with E-state index in [4.69, 9.17) is 11.6 Å². The average Bonchev–Trinajstić information content (AvgIpc) is 3.10. The van der Waals surface area contributed by atoms with Gasteiger partial charge in [0, 0.05) is 29.6 Å². The molecule has 0 atom stereocenters. The minimum absolute atomic E-state index is 0.218. The summed E-state index contributed by atoms with van der Waals surface area (Å²) in [6.07, 6.45) is 4.70. The van der Waals surface area contributed by atoms with Gasteiger partial charge in [-0.1, -0.05) is 29.8 Å². The first kappa shape index (κ1) is 12.5. The van der Waals surface area contributed by atoms with E-state index in [-0.39, 0.29) is 5.41 Å². The van der Waals surface area contributed by atoms with E-state index in [0.717, 1.165) is 11.6 Å². The summed E-state index contributed by atoms with van der Waals surface area (Å²) in [5.41, 5.74) is 1.51. The van der Waals surface area contributed by atoms with Crippen LogP contribution in [0.25, 0.3) is 0 Å². The van der Waals surface area contributed by atoms with Crippen LogP contribution < -0.4 is 5.32 Å². The van der Waals surface area contributed by atoms with Gasteiger partial charge in [-0.15, -0.1) is 0 Å². The monoisotopic (exact) mass is 265 g/mol. The molecule has 0 bridgehead atoms. The SMILES string of the molecule is OCC1(CNC2CC(c3ccccc3Cl)C2)CC1. The summed E-state index contributed by atoms with van der Waals surface area (Å²) in [6.45, 7) is 1.31. The molecule has 0 heterocycles. The van der Waals surface area contributed by atoms with Crippen molar-refractivity contribution >= 4 is 11.6 Å². The zero-order valence-electron chi connectivity index (χ0n) is 10.5. The van der Waals surface area contributed by atoms with Crippen molar-refractivity contribution in [1.29, 1.82) is 0 Å². The van der Waals surface area contributed by atoms with Gasteiger partial charge in [0.1, 0.15) is 0 Å². The number of aliphatic hydroxyl groups is 1. The number of hydrogen-bond acceptors (Lipinski definition) is 2. The molecule has 2 N–H and O–H groups in total. The molecule has 18 heavy (non-hydrogen) atoms. The van der Waals surface area contributed by atoms with Crippen molar-refractivity contribution in [3.05, 3.63) is 34.9 Å². The fraction of sp³-hybridized carbons (Fsp3) is 0.600. The number of aliphatic hydroxyl groups excluding tert-OH is 1. The molecule has 0 aromatic heterocycles. The molecule has 98 valence electrons. The van der Waals surface area contributed by atoms with Gasteiger partial charge in [0.25, 0.3) is 0 Å². The van der Waals surface area contributed by atoms with Crippen LogP contribution in [-0.4, -0.2) is 24.3 Å². The lowest BCUT2D eigenvalue weighted by atomic mass is 9.75. The molecule has 2 nitrogen and oxygen atoms in total. The Kier molecular flexibility index (Phi) is 3.35. The molecule has 3 rings (SSSR count). The van der Waals surface area contributed by atoms with Crippen LogP contribution >= 0.6 is 11.6 Å². The first-order chi connectivity index (χ1) is 8.72. The number of hydrogen-bond donors (Lipinski definition) is 2. The van der Waals surface area contributed by atoms with Crippen molar-refractivity contribution in [3.8, 4) is 0 Å². The largest absolute Gasteiger partial charge is 0.396 e. The van der Waals surface area contributed by atoms with E-state index in [0.29, 0.717) is 18.6 Å². The zero-order chi connectivity index (χ0) is 12.6. The topological polar surface area (TPSA) is 32.3 Å². The molecule has 0 aliphatic heterocycles. The highest BCUT2D eigenvalue weighted by molar-refractivity contribution is 6.31. The molecule has 0 amide bonds. The summed E-state index contributed by atoms with van der Waals surface area (Å²) in [4.78, 5) is 0. The molecule has 2 aliphatic rings. The van der Waals surface area contributed by atoms with E-state index in [2.05, 4.69) is 17.4 Å². The van der Waals surface area contributed by atoms with Crippen molar-refractivity contribution in [2.45, 2.75) is 37.6 Å². The Morgan fingerprint density at radius 2 is 2.00 bits per heavy atom. The molecular formula is C15H20ClNO. The third-order valence-electron chi connectivity index (χ3n) is 4.54. The Morgan fingerprint density at radius 1 is 1.28 bits per heavy atom. The molecule has 0 spiro atoms. The highest BCUT2D eigenvalue weighted by atomic mass is 35.5. The fourth-order valence-electron chi connectivity index (χ4n) is 2.77. The first-order valence-corrected chi connectivity index (χ1v) is 7.19. The highest BCUT2D eigenvalue weighted by Crippen LogP contribution is 2.45. The van der Waals surface area contributed by atoms with Gasteiger partial charge < -0.3 is 10.4 Å². The van der Waals surface area contributed by atoms with Gasteiger partial charge in [0.05, 0.1) is 0 Å². The van der Waals surface area contributed by atoms with Crippen molar-refractivity contribution in [2.75, 3.05) is 13.2 Å². The Labute approximate surface area is 113 Å². The fourth-order valence-corrected chi connectivity index (χ4v) is 3.06. The maximum atomic E-state index is 9.27. The van der Waals surface area contributed by atoms with Gasteiger partial charge in [-0.25, -0.2) is 0 Å². The van der Waals surface area contributed by atoms with Gasteiger partial charge in [0.15, 0.2) is 0 Å². The Hall–Kier alpha value is -0.570. The summed E-state index contributed by atoms with van der Waals surface area (Å²) < 4.78 is 0. The molecule has 1 aromatic rings. The summed E-state index contributed by atoms with van der Waals surface area (Å²) in [7, 11) is 0. The van der Waals surface area contributed by atoms with Crippen LogP contribution in [-0.2, 0) is 0 Å². The van der Waals surface area contributed by atoms with Gasteiger partial charge in [0.2, 0.25) is 0 Å². The van der Waals surface area contributed by atoms with Crippen LogP contribution in [0.1, 0.15) is 37.2 Å². The van der Waals surface area contributed by atoms with Crippen LogP contribution in [0.4, 0.5) is 0 Å². The molecule has 1 aromatic carbocycles. The van der Waals surface area contributed by atoms with E-state index >= 15 is 0 Å². The van der Waals surface area contributed by atoms with Gasteiger partial charge in [-0.05, 0) is 43.2 Å². The van der Waals surface area contributed by atoms with Crippen LogP contribution in [0.15, 0.2) is 24.3 Å². The Balaban J connectivity index is 1.47. The smallest absolute Gasteiger partial charge is 0.0499 e. The minimum Gasteiger partial charge on any atom is -0.396 e. The first-order valence-electron chi connectivity index (χ1n) is 6.81. The second-order valence-corrected chi connectivity index (χ2v) is 6.33. The molecule has 3 heteroatoms. The predicted molar refractivity (Wildman–Crippen MR) is 74.0 cm³/mol. The predicted octanol–water partition coefficient (Wildman–Crippen LogP) is 2.95. The summed E-state index contributed by atoms with van der Waals surface area (Å²) in [6, 6.07) is 8.77. The molecule has 2 saturated carbocycles. The van der Waals surface area contributed by atoms with E-state index < -0.39 is 0 Å². The van der Waals surface area contributed by atoms with Gasteiger partial charge in [-0.2, -0.15) is 0 Å². The summed E-state index contributed by atoms with van der Waals surface area (Å²) in [5.74, 6) is 0.612. The maximum absolute atomic E-state index is 9.27. The number of nitrogens with one attached hydrogen (secondary N) is 1. The van der Waals surface area contributed by atoms with Crippen molar-refractivity contribution in [3.63, 3.8) is 0 Å². The van der Waals surface area contributed by atoms with Gasteiger partial charge in [-0.3, -0.25) is 0 Å². The lowest BCUT2D eigenvalue weighted by molar-refractivity contribution is 0.190. The van der Waals surface area contributed by atoms with Crippen molar-refractivity contribution in [1.82, 2.24) is 5.32 Å². The molecule has 2 aliphatic carbocycles. The molecular weight excluding hydrogens is 246 g/mol.